The zero-order valence-corrected chi connectivity index (χ0v) is 13.3. The Morgan fingerprint density at radius 3 is 2.50 bits per heavy atom. The third-order valence-corrected chi connectivity index (χ3v) is 4.21. The van der Waals surface area contributed by atoms with E-state index in [4.69, 9.17) is 10.5 Å². The number of nitrogens with one attached hydrogen (secondary N) is 1. The van der Waals surface area contributed by atoms with Gasteiger partial charge in [-0.3, -0.25) is 9.59 Å². The van der Waals surface area contributed by atoms with E-state index in [1.54, 1.807) is 18.2 Å². The SMILES string of the molecule is NC(=O)c1cccc(C(=O)N[C@H]2CCC[C@@H]2Oc2ccccc2)c1. The highest BCUT2D eigenvalue weighted by atomic mass is 16.5. The van der Waals surface area contributed by atoms with Crippen LogP contribution in [0.5, 0.6) is 5.75 Å². The third kappa shape index (κ3) is 3.74. The molecule has 2 amide bonds. The first-order chi connectivity index (χ1) is 11.6. The molecule has 0 aromatic heterocycles. The second-order valence-electron chi connectivity index (χ2n) is 5.93. The summed E-state index contributed by atoms with van der Waals surface area (Å²) >= 11 is 0. The lowest BCUT2D eigenvalue weighted by Gasteiger charge is -2.22. The first-order valence-corrected chi connectivity index (χ1v) is 8.06. The molecule has 0 radical (unpaired) electrons. The van der Waals surface area contributed by atoms with Crippen LogP contribution in [-0.2, 0) is 0 Å². The fraction of sp³-hybridized carbons (Fsp3) is 0.263. The minimum Gasteiger partial charge on any atom is -0.488 e. The zero-order chi connectivity index (χ0) is 16.9. The average Bonchev–Trinajstić information content (AvgIpc) is 3.02. The zero-order valence-electron chi connectivity index (χ0n) is 13.3. The number of carbonyl (C=O) groups excluding carboxylic acids is 2. The van der Waals surface area contributed by atoms with Crippen molar-refractivity contribution in [3.05, 3.63) is 65.7 Å². The topological polar surface area (TPSA) is 81.4 Å². The van der Waals surface area contributed by atoms with Crippen molar-refractivity contribution in [3.8, 4) is 5.75 Å². The number of hydrogen-bond acceptors (Lipinski definition) is 3. The van der Waals surface area contributed by atoms with Crippen molar-refractivity contribution in [2.75, 3.05) is 0 Å². The van der Waals surface area contributed by atoms with E-state index in [1.807, 2.05) is 30.3 Å². The van der Waals surface area contributed by atoms with E-state index in [0.29, 0.717) is 11.1 Å². The fourth-order valence-corrected chi connectivity index (χ4v) is 2.97. The monoisotopic (exact) mass is 324 g/mol. The Hall–Kier alpha value is -2.82. The smallest absolute Gasteiger partial charge is 0.251 e. The number of rotatable bonds is 5. The first kappa shape index (κ1) is 16.1. The number of benzene rings is 2. The predicted molar refractivity (Wildman–Crippen MR) is 90.9 cm³/mol. The van der Waals surface area contributed by atoms with Crippen molar-refractivity contribution >= 4 is 11.8 Å². The number of ether oxygens (including phenoxy) is 1. The highest BCUT2D eigenvalue weighted by Crippen LogP contribution is 2.25. The van der Waals surface area contributed by atoms with Crippen molar-refractivity contribution in [3.63, 3.8) is 0 Å². The summed E-state index contributed by atoms with van der Waals surface area (Å²) in [5.41, 5.74) is 6.02. The second-order valence-corrected chi connectivity index (χ2v) is 5.93. The van der Waals surface area contributed by atoms with E-state index < -0.39 is 5.91 Å². The van der Waals surface area contributed by atoms with E-state index in [0.717, 1.165) is 25.0 Å². The van der Waals surface area contributed by atoms with Crippen molar-refractivity contribution in [2.45, 2.75) is 31.4 Å². The average molecular weight is 324 g/mol. The Morgan fingerprint density at radius 1 is 1.00 bits per heavy atom. The number of amides is 2. The van der Waals surface area contributed by atoms with Gasteiger partial charge in [-0.15, -0.1) is 0 Å². The molecule has 0 saturated heterocycles. The predicted octanol–water partition coefficient (Wildman–Crippen LogP) is 2.52. The minimum atomic E-state index is -0.546. The number of para-hydroxylation sites is 1. The lowest BCUT2D eigenvalue weighted by molar-refractivity contribution is 0.0894. The van der Waals surface area contributed by atoms with Gasteiger partial charge in [0.25, 0.3) is 5.91 Å². The van der Waals surface area contributed by atoms with Gasteiger partial charge in [0.2, 0.25) is 5.91 Å². The maximum atomic E-state index is 12.5. The van der Waals surface area contributed by atoms with E-state index >= 15 is 0 Å². The Morgan fingerprint density at radius 2 is 1.75 bits per heavy atom. The van der Waals surface area contributed by atoms with Crippen molar-refractivity contribution < 1.29 is 14.3 Å². The minimum absolute atomic E-state index is 0.0457. The van der Waals surface area contributed by atoms with E-state index in [-0.39, 0.29) is 18.1 Å². The van der Waals surface area contributed by atoms with Gasteiger partial charge in [0.05, 0.1) is 6.04 Å². The van der Waals surface area contributed by atoms with Crippen LogP contribution < -0.4 is 15.8 Å². The van der Waals surface area contributed by atoms with Crippen molar-refractivity contribution in [2.24, 2.45) is 5.73 Å². The van der Waals surface area contributed by atoms with Crippen molar-refractivity contribution in [1.29, 1.82) is 0 Å². The molecule has 5 heteroatoms. The molecule has 0 spiro atoms. The summed E-state index contributed by atoms with van der Waals surface area (Å²) in [4.78, 5) is 23.7. The van der Waals surface area contributed by atoms with Crippen LogP contribution >= 0.6 is 0 Å². The van der Waals surface area contributed by atoms with Crippen LogP contribution in [0.25, 0.3) is 0 Å². The summed E-state index contributed by atoms with van der Waals surface area (Å²) in [5, 5.41) is 3.02. The second kappa shape index (κ2) is 7.17. The van der Waals surface area contributed by atoms with Crippen LogP contribution in [-0.4, -0.2) is 24.0 Å². The Balaban J connectivity index is 1.67. The van der Waals surface area contributed by atoms with Gasteiger partial charge in [0.1, 0.15) is 11.9 Å². The van der Waals surface area contributed by atoms with Gasteiger partial charge in [-0.2, -0.15) is 0 Å². The summed E-state index contributed by atoms with van der Waals surface area (Å²) in [6.45, 7) is 0. The van der Waals surface area contributed by atoms with E-state index in [1.165, 1.54) is 6.07 Å². The van der Waals surface area contributed by atoms with Crippen molar-refractivity contribution in [1.82, 2.24) is 5.32 Å². The molecule has 2 atom stereocenters. The molecule has 0 aliphatic heterocycles. The number of carbonyl (C=O) groups is 2. The van der Waals surface area contributed by atoms with Gasteiger partial charge in [-0.05, 0) is 49.6 Å². The van der Waals surface area contributed by atoms with Gasteiger partial charge >= 0.3 is 0 Å². The molecule has 1 aliphatic carbocycles. The van der Waals surface area contributed by atoms with Crippen LogP contribution in [0.4, 0.5) is 0 Å². The maximum Gasteiger partial charge on any atom is 0.251 e. The molecule has 1 aliphatic rings. The molecule has 24 heavy (non-hydrogen) atoms. The lowest BCUT2D eigenvalue weighted by atomic mass is 10.1. The summed E-state index contributed by atoms with van der Waals surface area (Å²) in [5.74, 6) is 0.0434. The molecule has 3 rings (SSSR count). The van der Waals surface area contributed by atoms with Crippen LogP contribution in [0, 0.1) is 0 Å². The van der Waals surface area contributed by atoms with E-state index in [9.17, 15) is 9.59 Å². The molecule has 2 aromatic rings. The van der Waals surface area contributed by atoms with Gasteiger partial charge < -0.3 is 15.8 Å². The van der Waals surface area contributed by atoms with Crippen LogP contribution in [0.3, 0.4) is 0 Å². The quantitative estimate of drug-likeness (QED) is 0.886. The van der Waals surface area contributed by atoms with Crippen LogP contribution in [0.1, 0.15) is 40.0 Å². The van der Waals surface area contributed by atoms with Gasteiger partial charge in [0.15, 0.2) is 0 Å². The molecule has 0 heterocycles. The fourth-order valence-electron chi connectivity index (χ4n) is 2.97. The molecule has 1 saturated carbocycles. The molecular formula is C19H20N2O3. The first-order valence-electron chi connectivity index (χ1n) is 8.06. The lowest BCUT2D eigenvalue weighted by Crippen LogP contribution is -2.42. The largest absolute Gasteiger partial charge is 0.488 e. The summed E-state index contributed by atoms with van der Waals surface area (Å²) in [6.07, 6.45) is 2.74. The summed E-state index contributed by atoms with van der Waals surface area (Å²) in [6, 6.07) is 16.0. The van der Waals surface area contributed by atoms with Crippen LogP contribution in [0.15, 0.2) is 54.6 Å². The molecule has 2 aromatic carbocycles. The molecule has 124 valence electrons. The normalized spacial score (nSPS) is 19.7. The molecule has 0 unspecified atom stereocenters. The number of hydrogen-bond donors (Lipinski definition) is 2. The molecule has 5 nitrogen and oxygen atoms in total. The van der Waals surface area contributed by atoms with E-state index in [2.05, 4.69) is 5.32 Å². The third-order valence-electron chi connectivity index (χ3n) is 4.21. The molecule has 0 bridgehead atoms. The highest BCUT2D eigenvalue weighted by Gasteiger charge is 2.30. The standard InChI is InChI=1S/C19H20N2O3/c20-18(22)13-6-4-7-14(12-13)19(23)21-16-10-5-11-17(16)24-15-8-2-1-3-9-15/h1-4,6-9,12,16-17H,5,10-11H2,(H2,20,22)(H,21,23)/t16-,17-/m0/s1. The highest BCUT2D eigenvalue weighted by molar-refractivity contribution is 5.99. The number of nitrogens with two attached hydrogens (primary N) is 1. The summed E-state index contributed by atoms with van der Waals surface area (Å²) in [7, 11) is 0. The van der Waals surface area contributed by atoms with Gasteiger partial charge in [-0.1, -0.05) is 24.3 Å². The Labute approximate surface area is 140 Å². The van der Waals surface area contributed by atoms with Crippen LogP contribution in [0.2, 0.25) is 0 Å². The van der Waals surface area contributed by atoms with Gasteiger partial charge in [0, 0.05) is 11.1 Å². The molecular weight excluding hydrogens is 304 g/mol. The Bertz CT molecular complexity index is 730. The molecule has 3 N–H and O–H groups in total. The van der Waals surface area contributed by atoms with Gasteiger partial charge in [-0.25, -0.2) is 0 Å². The number of primary amides is 1. The maximum absolute atomic E-state index is 12.5. The molecule has 1 fully saturated rings. The summed E-state index contributed by atoms with van der Waals surface area (Å²) < 4.78 is 6.00. The Kier molecular flexibility index (Phi) is 4.79.